The second-order valence-electron chi connectivity index (χ2n) is 12.3. The van der Waals surface area contributed by atoms with Crippen molar-refractivity contribution in [2.75, 3.05) is 9.80 Å². The summed E-state index contributed by atoms with van der Waals surface area (Å²) in [7, 11) is 0. The van der Waals surface area contributed by atoms with Crippen LogP contribution in [0.3, 0.4) is 0 Å². The molecule has 232 valence electrons. The van der Waals surface area contributed by atoms with Crippen LogP contribution in [0.5, 0.6) is 0 Å². The van der Waals surface area contributed by atoms with Gasteiger partial charge in [0, 0.05) is 38.3 Å². The fourth-order valence-electron chi connectivity index (χ4n) is 7.16. The molecule has 0 bridgehead atoms. The zero-order valence-electron chi connectivity index (χ0n) is 26.7. The zero-order chi connectivity index (χ0) is 32.7. The van der Waals surface area contributed by atoms with Crippen molar-refractivity contribution in [1.29, 1.82) is 0 Å². The Kier molecular flexibility index (Phi) is 7.33. The first-order chi connectivity index (χ1) is 24.2. The van der Waals surface area contributed by atoms with E-state index in [-0.39, 0.29) is 0 Å². The van der Waals surface area contributed by atoms with Gasteiger partial charge >= 0.3 is 0 Å². The van der Waals surface area contributed by atoms with Crippen LogP contribution in [-0.4, -0.2) is 0 Å². The van der Waals surface area contributed by atoms with Crippen molar-refractivity contribution in [3.05, 3.63) is 193 Å². The molecule has 0 amide bonds. The average Bonchev–Trinajstić information content (AvgIpc) is 3.17. The van der Waals surface area contributed by atoms with Crippen LogP contribution in [0.1, 0.15) is 0 Å². The largest absolute Gasteiger partial charge is 0.311 e. The topological polar surface area (TPSA) is 6.48 Å². The minimum Gasteiger partial charge on any atom is -0.311 e. The van der Waals surface area contributed by atoms with Gasteiger partial charge in [-0.15, -0.1) is 0 Å². The van der Waals surface area contributed by atoms with Crippen LogP contribution >= 0.6 is 15.9 Å². The number of hydrogen-bond acceptors (Lipinski definition) is 2. The maximum Gasteiger partial charge on any atom is 0.0540 e. The smallest absolute Gasteiger partial charge is 0.0540 e. The lowest BCUT2D eigenvalue weighted by Gasteiger charge is -2.29. The Morgan fingerprint density at radius 1 is 0.306 bits per heavy atom. The highest BCUT2D eigenvalue weighted by molar-refractivity contribution is 9.10. The maximum absolute atomic E-state index is 3.81. The highest BCUT2D eigenvalue weighted by atomic mass is 79.9. The first-order valence-corrected chi connectivity index (χ1v) is 17.3. The minimum absolute atomic E-state index is 1.09. The van der Waals surface area contributed by atoms with Gasteiger partial charge in [-0.1, -0.05) is 131 Å². The molecule has 0 aliphatic rings. The third kappa shape index (κ3) is 5.20. The summed E-state index contributed by atoms with van der Waals surface area (Å²) in [5.41, 5.74) is 9.09. The summed E-state index contributed by atoms with van der Waals surface area (Å²) in [5, 5.41) is 7.55. The molecule has 9 rings (SSSR count). The highest BCUT2D eigenvalue weighted by Crippen LogP contribution is 2.45. The van der Waals surface area contributed by atoms with Crippen molar-refractivity contribution in [2.45, 2.75) is 0 Å². The van der Waals surface area contributed by atoms with Gasteiger partial charge in [0.1, 0.15) is 0 Å². The molecule has 0 atom stereocenters. The summed E-state index contributed by atoms with van der Waals surface area (Å²) in [6.07, 6.45) is 0. The molecule has 0 aliphatic carbocycles. The normalized spacial score (nSPS) is 11.4. The molecule has 0 radical (unpaired) electrons. The number of anilines is 6. The van der Waals surface area contributed by atoms with Crippen LogP contribution in [0.4, 0.5) is 34.1 Å². The van der Waals surface area contributed by atoms with Gasteiger partial charge in [-0.3, -0.25) is 0 Å². The quantitative estimate of drug-likeness (QED) is 0.154. The first kappa shape index (κ1) is 29.3. The lowest BCUT2D eigenvalue weighted by Crippen LogP contribution is -2.12. The molecule has 49 heavy (non-hydrogen) atoms. The molecule has 0 unspecified atom stereocenters. The Morgan fingerprint density at radius 2 is 0.714 bits per heavy atom. The van der Waals surface area contributed by atoms with Crippen LogP contribution in [-0.2, 0) is 0 Å². The Hall–Kier alpha value is -5.90. The van der Waals surface area contributed by atoms with E-state index in [0.717, 1.165) is 38.6 Å². The van der Waals surface area contributed by atoms with Gasteiger partial charge in [0.2, 0.25) is 0 Å². The second kappa shape index (κ2) is 12.3. The predicted octanol–water partition coefficient (Wildman–Crippen LogP) is 14.0. The van der Waals surface area contributed by atoms with Crippen molar-refractivity contribution in [1.82, 2.24) is 0 Å². The number of benzene rings is 9. The summed E-state index contributed by atoms with van der Waals surface area (Å²) < 4.78 is 1.12. The second-order valence-corrected chi connectivity index (χ2v) is 13.2. The molecule has 0 saturated carbocycles. The Balaban J connectivity index is 1.17. The maximum atomic E-state index is 3.81. The van der Waals surface area contributed by atoms with E-state index >= 15 is 0 Å². The average molecular weight is 692 g/mol. The van der Waals surface area contributed by atoms with Gasteiger partial charge < -0.3 is 9.80 Å². The van der Waals surface area contributed by atoms with Crippen molar-refractivity contribution >= 4 is 82.4 Å². The van der Waals surface area contributed by atoms with E-state index in [2.05, 4.69) is 214 Å². The lowest BCUT2D eigenvalue weighted by molar-refractivity contribution is 1.26. The Bertz CT molecular complexity index is 2530. The van der Waals surface area contributed by atoms with Gasteiger partial charge in [-0.25, -0.2) is 0 Å². The van der Waals surface area contributed by atoms with E-state index in [1.807, 2.05) is 0 Å². The lowest BCUT2D eigenvalue weighted by atomic mass is 9.93. The molecule has 9 aromatic rings. The molecule has 0 aromatic heterocycles. The van der Waals surface area contributed by atoms with Gasteiger partial charge in [0.25, 0.3) is 0 Å². The van der Waals surface area contributed by atoms with E-state index < -0.39 is 0 Å². The summed E-state index contributed by atoms with van der Waals surface area (Å²) in [4.78, 5) is 4.70. The number of nitrogens with zero attached hydrogens (tertiary/aromatic N) is 2. The van der Waals surface area contributed by atoms with Gasteiger partial charge in [0.05, 0.1) is 5.69 Å². The molecular formula is C46H31BrN2. The first-order valence-electron chi connectivity index (χ1n) is 16.5. The molecular weight excluding hydrogens is 660 g/mol. The molecule has 0 spiro atoms. The highest BCUT2D eigenvalue weighted by Gasteiger charge is 2.20. The van der Waals surface area contributed by atoms with E-state index in [9.17, 15) is 0 Å². The van der Waals surface area contributed by atoms with Crippen molar-refractivity contribution in [3.63, 3.8) is 0 Å². The van der Waals surface area contributed by atoms with Crippen LogP contribution in [0.15, 0.2) is 193 Å². The third-order valence-corrected chi connectivity index (χ3v) is 10.1. The van der Waals surface area contributed by atoms with E-state index in [1.165, 1.54) is 43.4 Å². The molecule has 9 aromatic carbocycles. The van der Waals surface area contributed by atoms with E-state index in [0.29, 0.717) is 0 Å². The summed E-state index contributed by atoms with van der Waals surface area (Å²) in [5.74, 6) is 0. The van der Waals surface area contributed by atoms with E-state index in [1.54, 1.807) is 0 Å². The standard InChI is InChI=1S/C46H31BrN2/c47-43-30-20-34-19-29-42-44(31-21-35-18-28-41(43)45(34)46(35)42)49(37-14-8-3-9-15-37)40-26-24-39(25-27-40)48(36-12-6-2-7-13-36)38-22-16-33(17-23-38)32-10-4-1-5-11-32/h1-31H. The molecule has 2 nitrogen and oxygen atoms in total. The molecule has 0 fully saturated rings. The molecule has 0 aliphatic heterocycles. The Morgan fingerprint density at radius 3 is 1.33 bits per heavy atom. The fourth-order valence-corrected chi connectivity index (χ4v) is 7.62. The Labute approximate surface area is 294 Å². The third-order valence-electron chi connectivity index (χ3n) is 9.46. The molecule has 0 heterocycles. The van der Waals surface area contributed by atoms with Crippen LogP contribution in [0, 0.1) is 0 Å². The van der Waals surface area contributed by atoms with Crippen LogP contribution < -0.4 is 9.80 Å². The molecule has 0 saturated heterocycles. The molecule has 3 heteroatoms. The SMILES string of the molecule is Brc1ccc2ccc3c(N(c4ccccc4)c4ccc(N(c5ccccc5)c5ccc(-c6ccccc6)cc5)cc4)ccc4ccc1c2c43. The molecule has 0 N–H and O–H groups in total. The van der Waals surface area contributed by atoms with Gasteiger partial charge in [0.15, 0.2) is 0 Å². The predicted molar refractivity (Wildman–Crippen MR) is 213 cm³/mol. The fraction of sp³-hybridized carbons (Fsp3) is 0. The van der Waals surface area contributed by atoms with Crippen molar-refractivity contribution < 1.29 is 0 Å². The van der Waals surface area contributed by atoms with E-state index in [4.69, 9.17) is 0 Å². The van der Waals surface area contributed by atoms with Gasteiger partial charge in [-0.05, 0) is 111 Å². The number of hydrogen-bond donors (Lipinski definition) is 0. The van der Waals surface area contributed by atoms with Crippen molar-refractivity contribution in [2.24, 2.45) is 0 Å². The minimum atomic E-state index is 1.09. The zero-order valence-corrected chi connectivity index (χ0v) is 28.3. The summed E-state index contributed by atoms with van der Waals surface area (Å²) >= 11 is 3.81. The van der Waals surface area contributed by atoms with Crippen LogP contribution in [0.2, 0.25) is 0 Å². The monoisotopic (exact) mass is 690 g/mol. The van der Waals surface area contributed by atoms with Crippen molar-refractivity contribution in [3.8, 4) is 11.1 Å². The number of para-hydroxylation sites is 2. The van der Waals surface area contributed by atoms with Gasteiger partial charge in [-0.2, -0.15) is 0 Å². The summed E-state index contributed by atoms with van der Waals surface area (Å²) in [6, 6.07) is 67.5. The summed E-state index contributed by atoms with van der Waals surface area (Å²) in [6.45, 7) is 0. The number of halogens is 1. The number of rotatable bonds is 7. The van der Waals surface area contributed by atoms with Crippen LogP contribution in [0.25, 0.3) is 43.4 Å².